The molecule has 3 rings (SSSR count). The maximum atomic E-state index is 13.3. The number of halogens is 3. The van der Waals surface area contributed by atoms with Crippen molar-refractivity contribution in [3.63, 3.8) is 0 Å². The van der Waals surface area contributed by atoms with Gasteiger partial charge in [-0.05, 0) is 19.6 Å². The van der Waals surface area contributed by atoms with Gasteiger partial charge in [0.1, 0.15) is 5.69 Å². The van der Waals surface area contributed by atoms with Crippen molar-refractivity contribution < 1.29 is 22.8 Å². The van der Waals surface area contributed by atoms with Crippen LogP contribution in [0.4, 0.5) is 18.9 Å². The van der Waals surface area contributed by atoms with E-state index in [0.717, 1.165) is 11.8 Å². The van der Waals surface area contributed by atoms with Gasteiger partial charge >= 0.3 is 12.1 Å². The smallest absolute Gasteiger partial charge is 0.362 e. The predicted molar refractivity (Wildman–Crippen MR) is 100 cm³/mol. The van der Waals surface area contributed by atoms with Gasteiger partial charge in [0.15, 0.2) is 5.52 Å². The summed E-state index contributed by atoms with van der Waals surface area (Å²) in [6, 6.07) is -0.110. The molecule has 0 bridgehead atoms. The van der Waals surface area contributed by atoms with Crippen LogP contribution in [0.25, 0.3) is 11.2 Å². The highest BCUT2D eigenvalue weighted by Gasteiger charge is 2.43. The van der Waals surface area contributed by atoms with Gasteiger partial charge in [-0.25, -0.2) is 9.78 Å². The zero-order valence-electron chi connectivity index (χ0n) is 15.9. The lowest BCUT2D eigenvalue weighted by atomic mass is 10.1. The molecule has 2 aromatic heterocycles. The molecule has 0 aliphatic carbocycles. The molecule has 2 aromatic rings. The highest BCUT2D eigenvalue weighted by molar-refractivity contribution is 7.98. The highest BCUT2D eigenvalue weighted by atomic mass is 32.2. The second-order valence-corrected chi connectivity index (χ2v) is 7.14. The minimum Gasteiger partial charge on any atom is -0.362 e. The Morgan fingerprint density at radius 1 is 1.38 bits per heavy atom. The lowest BCUT2D eigenvalue weighted by molar-refractivity contribution is -0.199. The van der Waals surface area contributed by atoms with Gasteiger partial charge in [0.05, 0.1) is 5.69 Å². The SMILES string of the molecule is CCc1c(N2CCNC[C@@H]2C)c(=O)c2nc(SC)nnc2n1OC(=O)C(F)(F)F. The molecule has 0 amide bonds. The lowest BCUT2D eigenvalue weighted by Gasteiger charge is -2.36. The number of hydrogen-bond acceptors (Lipinski definition) is 9. The van der Waals surface area contributed by atoms with Crippen LogP contribution in [0.15, 0.2) is 9.95 Å². The van der Waals surface area contributed by atoms with Crippen molar-refractivity contribution in [1.29, 1.82) is 0 Å². The number of anilines is 1. The third kappa shape index (κ3) is 4.01. The molecule has 158 valence electrons. The van der Waals surface area contributed by atoms with Crippen LogP contribution in [0.2, 0.25) is 0 Å². The summed E-state index contributed by atoms with van der Waals surface area (Å²) < 4.78 is 39.2. The number of alkyl halides is 3. The summed E-state index contributed by atoms with van der Waals surface area (Å²) >= 11 is 1.12. The molecule has 1 atom stereocenters. The van der Waals surface area contributed by atoms with Crippen molar-refractivity contribution in [3.8, 4) is 0 Å². The second kappa shape index (κ2) is 8.14. The number of hydrogen-bond donors (Lipinski definition) is 1. The third-order valence-electron chi connectivity index (χ3n) is 4.50. The summed E-state index contributed by atoms with van der Waals surface area (Å²) in [6.45, 7) is 5.15. The van der Waals surface area contributed by atoms with Gasteiger partial charge in [-0.1, -0.05) is 18.7 Å². The van der Waals surface area contributed by atoms with Crippen LogP contribution in [0, 0.1) is 0 Å². The fraction of sp³-hybridized carbons (Fsp3) is 0.562. The van der Waals surface area contributed by atoms with E-state index in [-0.39, 0.29) is 40.2 Å². The number of thioether (sulfide) groups is 1. The van der Waals surface area contributed by atoms with E-state index in [4.69, 9.17) is 0 Å². The van der Waals surface area contributed by atoms with E-state index >= 15 is 0 Å². The first kappa shape index (κ1) is 21.3. The molecule has 3 heterocycles. The Morgan fingerprint density at radius 2 is 2.10 bits per heavy atom. The quantitative estimate of drug-likeness (QED) is 0.703. The minimum atomic E-state index is -5.22. The molecule has 0 radical (unpaired) electrons. The number of pyridine rings is 1. The summed E-state index contributed by atoms with van der Waals surface area (Å²) in [7, 11) is 0. The van der Waals surface area contributed by atoms with Crippen molar-refractivity contribution in [3.05, 3.63) is 15.9 Å². The zero-order chi connectivity index (χ0) is 21.3. The number of aromatic nitrogens is 4. The molecular weight excluding hydrogens is 413 g/mol. The monoisotopic (exact) mass is 432 g/mol. The van der Waals surface area contributed by atoms with Gasteiger partial charge in [0, 0.05) is 25.7 Å². The molecule has 0 spiro atoms. The average molecular weight is 432 g/mol. The standard InChI is InChI=1S/C16H19F3N6O3S/c1-4-9-11(24-6-5-20-7-8(24)2)12(26)10-13(22-23-15(21-10)29-3)25(9)28-14(27)16(17,18)19/h8,20H,4-7H2,1-3H3/t8-/m0/s1. The van der Waals surface area contributed by atoms with E-state index in [1.54, 1.807) is 18.1 Å². The number of piperazine rings is 1. The van der Waals surface area contributed by atoms with Gasteiger partial charge in [-0.3, -0.25) is 4.79 Å². The van der Waals surface area contributed by atoms with Crippen LogP contribution >= 0.6 is 11.8 Å². The first-order valence-corrected chi connectivity index (χ1v) is 10.0. The first-order valence-electron chi connectivity index (χ1n) is 8.82. The summed E-state index contributed by atoms with van der Waals surface area (Å²) in [4.78, 5) is 35.4. The largest absolute Gasteiger partial charge is 0.493 e. The van der Waals surface area contributed by atoms with Gasteiger partial charge < -0.3 is 15.1 Å². The van der Waals surface area contributed by atoms with Crippen LogP contribution in [0.3, 0.4) is 0 Å². The molecule has 13 heteroatoms. The van der Waals surface area contributed by atoms with Gasteiger partial charge in [0.2, 0.25) is 16.2 Å². The summed E-state index contributed by atoms with van der Waals surface area (Å²) in [5.74, 6) is -2.42. The molecule has 1 aliphatic rings. The predicted octanol–water partition coefficient (Wildman–Crippen LogP) is 0.786. The van der Waals surface area contributed by atoms with Crippen molar-refractivity contribution in [2.75, 3.05) is 30.8 Å². The molecule has 9 nitrogen and oxygen atoms in total. The Hall–Kier alpha value is -2.41. The molecule has 29 heavy (non-hydrogen) atoms. The number of rotatable bonds is 4. The second-order valence-electron chi connectivity index (χ2n) is 6.37. The zero-order valence-corrected chi connectivity index (χ0v) is 16.7. The fourth-order valence-electron chi connectivity index (χ4n) is 3.16. The number of carbonyl (C=O) groups is 1. The Labute approximate surface area is 167 Å². The van der Waals surface area contributed by atoms with E-state index in [1.165, 1.54) is 0 Å². The number of carbonyl (C=O) groups excluding carboxylic acids is 1. The number of nitrogens with one attached hydrogen (secondary N) is 1. The molecule has 0 saturated carbocycles. The molecule has 0 aromatic carbocycles. The van der Waals surface area contributed by atoms with Crippen molar-refractivity contribution >= 4 is 34.6 Å². The third-order valence-corrected chi connectivity index (χ3v) is 5.04. The van der Waals surface area contributed by atoms with E-state index in [2.05, 4.69) is 25.3 Å². The van der Waals surface area contributed by atoms with Crippen LogP contribution < -0.4 is 20.5 Å². The molecule has 1 fully saturated rings. The van der Waals surface area contributed by atoms with E-state index in [0.29, 0.717) is 24.4 Å². The van der Waals surface area contributed by atoms with Gasteiger partial charge in [-0.15, -0.1) is 10.2 Å². The van der Waals surface area contributed by atoms with Crippen LogP contribution in [0.5, 0.6) is 0 Å². The first-order chi connectivity index (χ1) is 13.7. The maximum Gasteiger partial charge on any atom is 0.493 e. The van der Waals surface area contributed by atoms with Crippen molar-refractivity contribution in [2.24, 2.45) is 0 Å². The van der Waals surface area contributed by atoms with Crippen LogP contribution in [0.1, 0.15) is 19.5 Å². The molecular formula is C16H19F3N6O3S. The minimum absolute atomic E-state index is 0.0989. The maximum absolute atomic E-state index is 13.3. The topological polar surface area (TPSA) is 102 Å². The number of nitrogens with zero attached hydrogens (tertiary/aromatic N) is 5. The highest BCUT2D eigenvalue weighted by Crippen LogP contribution is 2.25. The lowest BCUT2D eigenvalue weighted by Crippen LogP contribution is -2.52. The van der Waals surface area contributed by atoms with Crippen molar-refractivity contribution in [1.82, 2.24) is 25.2 Å². The molecule has 1 N–H and O–H groups in total. The Balaban J connectivity index is 2.32. The van der Waals surface area contributed by atoms with E-state index in [1.807, 2.05) is 6.92 Å². The molecule has 1 saturated heterocycles. The summed E-state index contributed by atoms with van der Waals surface area (Å²) in [6.07, 6.45) is -3.43. The normalized spacial score (nSPS) is 17.6. The molecule has 1 aliphatic heterocycles. The summed E-state index contributed by atoms with van der Waals surface area (Å²) in [5.41, 5.74) is -0.792. The Kier molecular flexibility index (Phi) is 5.98. The average Bonchev–Trinajstić information content (AvgIpc) is 2.69. The van der Waals surface area contributed by atoms with Crippen molar-refractivity contribution in [2.45, 2.75) is 37.6 Å². The number of fused-ring (bicyclic) bond motifs is 1. The van der Waals surface area contributed by atoms with Crippen LogP contribution in [-0.2, 0) is 11.2 Å². The Morgan fingerprint density at radius 3 is 2.69 bits per heavy atom. The van der Waals surface area contributed by atoms with Gasteiger partial charge in [0.25, 0.3) is 0 Å². The van der Waals surface area contributed by atoms with E-state index < -0.39 is 17.6 Å². The molecule has 0 unspecified atom stereocenters. The Bertz CT molecular complexity index is 996. The fourth-order valence-corrected chi connectivity index (χ4v) is 3.47. The van der Waals surface area contributed by atoms with E-state index in [9.17, 15) is 22.8 Å². The van der Waals surface area contributed by atoms with Crippen LogP contribution in [-0.4, -0.2) is 64.0 Å². The van der Waals surface area contributed by atoms with Gasteiger partial charge in [-0.2, -0.15) is 17.9 Å². The summed E-state index contributed by atoms with van der Waals surface area (Å²) in [5, 5.41) is 11.0.